The van der Waals surface area contributed by atoms with E-state index >= 15 is 0 Å². The van der Waals surface area contributed by atoms with E-state index in [0.29, 0.717) is 18.9 Å². The molecule has 1 amide bonds. The minimum Gasteiger partial charge on any atom is -0.491 e. The van der Waals surface area contributed by atoms with Crippen molar-refractivity contribution < 1.29 is 14.3 Å². The van der Waals surface area contributed by atoms with Crippen LogP contribution >= 0.6 is 0 Å². The number of hydrogen-bond acceptors (Lipinski definition) is 3. The second kappa shape index (κ2) is 8.39. The quantitative estimate of drug-likeness (QED) is 0.653. The molecular weight excluding hydrogens is 326 g/mol. The number of rotatable bonds is 7. The molecule has 0 spiro atoms. The molecule has 26 heavy (non-hydrogen) atoms. The summed E-state index contributed by atoms with van der Waals surface area (Å²) in [5, 5.41) is 5.05. The SMILES string of the molecule is Cc1cccc(O[C@@H](C)C(=O)NCCOc2cccc3ccccc23)c1. The van der Waals surface area contributed by atoms with Crippen LogP contribution in [0.3, 0.4) is 0 Å². The van der Waals surface area contributed by atoms with E-state index < -0.39 is 6.10 Å². The average Bonchev–Trinajstić information content (AvgIpc) is 2.65. The first-order chi connectivity index (χ1) is 12.6. The second-order valence-electron chi connectivity index (χ2n) is 6.19. The molecule has 0 aliphatic heterocycles. The van der Waals surface area contributed by atoms with Crippen molar-refractivity contribution in [2.75, 3.05) is 13.2 Å². The number of nitrogens with one attached hydrogen (secondary N) is 1. The summed E-state index contributed by atoms with van der Waals surface area (Å²) in [6.45, 7) is 4.55. The van der Waals surface area contributed by atoms with Crippen LogP contribution in [0.2, 0.25) is 0 Å². The molecule has 3 aromatic rings. The van der Waals surface area contributed by atoms with Gasteiger partial charge in [-0.3, -0.25) is 4.79 Å². The van der Waals surface area contributed by atoms with Crippen LogP contribution in [0.4, 0.5) is 0 Å². The number of amides is 1. The number of ether oxygens (including phenoxy) is 2. The number of hydrogen-bond donors (Lipinski definition) is 1. The number of carbonyl (C=O) groups excluding carboxylic acids is 1. The molecule has 4 heteroatoms. The van der Waals surface area contributed by atoms with E-state index in [1.54, 1.807) is 6.92 Å². The Labute approximate surface area is 153 Å². The fourth-order valence-corrected chi connectivity index (χ4v) is 2.75. The highest BCUT2D eigenvalue weighted by Gasteiger charge is 2.14. The first-order valence-corrected chi connectivity index (χ1v) is 8.75. The van der Waals surface area contributed by atoms with Crippen LogP contribution in [0.15, 0.2) is 66.7 Å². The van der Waals surface area contributed by atoms with Gasteiger partial charge in [0.2, 0.25) is 0 Å². The zero-order valence-corrected chi connectivity index (χ0v) is 15.1. The third-order valence-electron chi connectivity index (χ3n) is 4.08. The van der Waals surface area contributed by atoms with Crippen molar-refractivity contribution in [2.45, 2.75) is 20.0 Å². The predicted molar refractivity (Wildman–Crippen MR) is 104 cm³/mol. The lowest BCUT2D eigenvalue weighted by Gasteiger charge is -2.15. The highest BCUT2D eigenvalue weighted by molar-refractivity contribution is 5.88. The van der Waals surface area contributed by atoms with Crippen molar-refractivity contribution >= 4 is 16.7 Å². The fourth-order valence-electron chi connectivity index (χ4n) is 2.75. The summed E-state index contributed by atoms with van der Waals surface area (Å²) in [4.78, 5) is 12.2. The van der Waals surface area contributed by atoms with Crippen LogP contribution in [-0.2, 0) is 4.79 Å². The van der Waals surface area contributed by atoms with Crippen LogP contribution in [0, 0.1) is 6.92 Å². The fraction of sp³-hybridized carbons (Fsp3) is 0.227. The number of carbonyl (C=O) groups is 1. The molecule has 1 atom stereocenters. The predicted octanol–water partition coefficient (Wildman–Crippen LogP) is 4.11. The molecule has 3 rings (SSSR count). The standard InChI is InChI=1S/C22H23NO3/c1-16-7-5-10-19(15-16)26-17(2)22(24)23-13-14-25-21-12-6-9-18-8-3-4-11-20(18)21/h3-12,15,17H,13-14H2,1-2H3,(H,23,24)/t17-/m0/s1. The molecule has 0 saturated carbocycles. The third kappa shape index (κ3) is 4.54. The molecule has 0 aromatic heterocycles. The Bertz CT molecular complexity index is 886. The van der Waals surface area contributed by atoms with Crippen molar-refractivity contribution in [3.63, 3.8) is 0 Å². The number of fused-ring (bicyclic) bond motifs is 1. The van der Waals surface area contributed by atoms with Gasteiger partial charge in [-0.2, -0.15) is 0 Å². The lowest BCUT2D eigenvalue weighted by molar-refractivity contribution is -0.127. The van der Waals surface area contributed by atoms with Gasteiger partial charge in [-0.15, -0.1) is 0 Å². The maximum absolute atomic E-state index is 12.2. The lowest BCUT2D eigenvalue weighted by Crippen LogP contribution is -2.38. The second-order valence-corrected chi connectivity index (χ2v) is 6.19. The number of benzene rings is 3. The highest BCUT2D eigenvalue weighted by Crippen LogP contribution is 2.24. The summed E-state index contributed by atoms with van der Waals surface area (Å²) in [6.07, 6.45) is -0.561. The Morgan fingerprint density at radius 3 is 2.65 bits per heavy atom. The van der Waals surface area contributed by atoms with Crippen molar-refractivity contribution in [3.8, 4) is 11.5 Å². The van der Waals surface area contributed by atoms with Crippen molar-refractivity contribution in [1.29, 1.82) is 0 Å². The molecule has 1 N–H and O–H groups in total. The molecule has 0 unspecified atom stereocenters. The molecule has 0 aliphatic rings. The van der Waals surface area contributed by atoms with E-state index in [2.05, 4.69) is 5.32 Å². The average molecular weight is 349 g/mol. The maximum Gasteiger partial charge on any atom is 0.260 e. The van der Waals surface area contributed by atoms with Gasteiger partial charge in [0, 0.05) is 5.39 Å². The van der Waals surface area contributed by atoms with Crippen molar-refractivity contribution in [3.05, 3.63) is 72.3 Å². The summed E-state index contributed by atoms with van der Waals surface area (Å²) >= 11 is 0. The van der Waals surface area contributed by atoms with Gasteiger partial charge in [-0.05, 0) is 43.0 Å². The van der Waals surface area contributed by atoms with Gasteiger partial charge < -0.3 is 14.8 Å². The first-order valence-electron chi connectivity index (χ1n) is 8.75. The van der Waals surface area contributed by atoms with E-state index in [4.69, 9.17) is 9.47 Å². The molecule has 0 radical (unpaired) electrons. The molecule has 4 nitrogen and oxygen atoms in total. The van der Waals surface area contributed by atoms with Crippen molar-refractivity contribution in [2.24, 2.45) is 0 Å². The molecular formula is C22H23NO3. The summed E-state index contributed by atoms with van der Waals surface area (Å²) in [5.41, 5.74) is 1.10. The van der Waals surface area contributed by atoms with Gasteiger partial charge in [0.25, 0.3) is 5.91 Å². The van der Waals surface area contributed by atoms with Crippen LogP contribution in [0.25, 0.3) is 10.8 Å². The summed E-state index contributed by atoms with van der Waals surface area (Å²) in [5.74, 6) is 1.36. The van der Waals surface area contributed by atoms with E-state index in [9.17, 15) is 4.79 Å². The van der Waals surface area contributed by atoms with E-state index in [-0.39, 0.29) is 5.91 Å². The zero-order valence-electron chi connectivity index (χ0n) is 15.1. The number of aryl methyl sites for hydroxylation is 1. The molecule has 0 aliphatic carbocycles. The van der Waals surface area contributed by atoms with Crippen molar-refractivity contribution in [1.82, 2.24) is 5.32 Å². The Morgan fingerprint density at radius 2 is 1.81 bits per heavy atom. The summed E-state index contributed by atoms with van der Waals surface area (Å²) < 4.78 is 11.5. The summed E-state index contributed by atoms with van der Waals surface area (Å²) in [7, 11) is 0. The lowest BCUT2D eigenvalue weighted by atomic mass is 10.1. The van der Waals surface area contributed by atoms with Crippen LogP contribution in [0.5, 0.6) is 11.5 Å². The molecule has 0 saturated heterocycles. The van der Waals surface area contributed by atoms with Gasteiger partial charge in [-0.1, -0.05) is 48.5 Å². The third-order valence-corrected chi connectivity index (χ3v) is 4.08. The Balaban J connectivity index is 1.47. The van der Waals surface area contributed by atoms with Crippen LogP contribution < -0.4 is 14.8 Å². The maximum atomic E-state index is 12.2. The van der Waals surface area contributed by atoms with Crippen LogP contribution in [0.1, 0.15) is 12.5 Å². The minimum atomic E-state index is -0.561. The molecule has 134 valence electrons. The highest BCUT2D eigenvalue weighted by atomic mass is 16.5. The molecule has 0 fully saturated rings. The molecule has 0 bridgehead atoms. The largest absolute Gasteiger partial charge is 0.491 e. The first kappa shape index (κ1) is 17.8. The zero-order chi connectivity index (χ0) is 18.4. The monoisotopic (exact) mass is 349 g/mol. The Morgan fingerprint density at radius 1 is 1.04 bits per heavy atom. The Kier molecular flexibility index (Phi) is 5.74. The molecule has 0 heterocycles. The molecule has 3 aromatic carbocycles. The van der Waals surface area contributed by atoms with Gasteiger partial charge >= 0.3 is 0 Å². The summed E-state index contributed by atoms with van der Waals surface area (Å²) in [6, 6.07) is 21.7. The smallest absolute Gasteiger partial charge is 0.260 e. The van der Waals surface area contributed by atoms with E-state index in [0.717, 1.165) is 22.1 Å². The van der Waals surface area contributed by atoms with E-state index in [1.807, 2.05) is 73.7 Å². The minimum absolute atomic E-state index is 0.159. The van der Waals surface area contributed by atoms with Gasteiger partial charge in [0.05, 0.1) is 6.54 Å². The van der Waals surface area contributed by atoms with Gasteiger partial charge in [0.15, 0.2) is 6.10 Å². The van der Waals surface area contributed by atoms with E-state index in [1.165, 1.54) is 0 Å². The van der Waals surface area contributed by atoms with Gasteiger partial charge in [0.1, 0.15) is 18.1 Å². The Hall–Kier alpha value is -3.01. The van der Waals surface area contributed by atoms with Crippen LogP contribution in [-0.4, -0.2) is 25.2 Å². The topological polar surface area (TPSA) is 47.6 Å². The normalized spacial score (nSPS) is 11.8. The van der Waals surface area contributed by atoms with Gasteiger partial charge in [-0.25, -0.2) is 0 Å².